The Labute approximate surface area is 171 Å². The zero-order valence-electron chi connectivity index (χ0n) is 17.3. The molecule has 2 heterocycles. The minimum Gasteiger partial charge on any atom is -0.303 e. The van der Waals surface area contributed by atoms with Gasteiger partial charge in [0.15, 0.2) is 0 Å². The lowest BCUT2D eigenvalue weighted by molar-refractivity contribution is -0.137. The fourth-order valence-corrected chi connectivity index (χ4v) is 4.17. The first-order valence-electron chi connectivity index (χ1n) is 10.4. The number of benzene rings is 1. The van der Waals surface area contributed by atoms with Crippen molar-refractivity contribution in [3.63, 3.8) is 0 Å². The monoisotopic (exact) mass is 408 g/mol. The van der Waals surface area contributed by atoms with Gasteiger partial charge in [-0.25, -0.2) is 0 Å². The van der Waals surface area contributed by atoms with E-state index < -0.39 is 11.7 Å². The van der Waals surface area contributed by atoms with Gasteiger partial charge in [0.05, 0.1) is 11.8 Å². The first-order valence-corrected chi connectivity index (χ1v) is 10.4. The van der Waals surface area contributed by atoms with E-state index in [1.165, 1.54) is 24.1 Å². The van der Waals surface area contributed by atoms with Gasteiger partial charge in [-0.15, -0.1) is 0 Å². The number of aromatic nitrogens is 2. The van der Waals surface area contributed by atoms with Gasteiger partial charge < -0.3 is 9.80 Å². The van der Waals surface area contributed by atoms with E-state index in [0.29, 0.717) is 12.3 Å². The highest BCUT2D eigenvalue weighted by Crippen LogP contribution is 2.29. The maximum absolute atomic E-state index is 12.9. The second-order valence-corrected chi connectivity index (χ2v) is 8.16. The van der Waals surface area contributed by atoms with Gasteiger partial charge in [0.2, 0.25) is 0 Å². The van der Waals surface area contributed by atoms with Crippen LogP contribution in [-0.4, -0.2) is 52.8 Å². The molecular formula is C22H31F3N4. The Morgan fingerprint density at radius 1 is 1.24 bits per heavy atom. The number of alkyl halides is 3. The van der Waals surface area contributed by atoms with E-state index in [2.05, 4.69) is 35.1 Å². The van der Waals surface area contributed by atoms with Gasteiger partial charge in [-0.3, -0.25) is 4.68 Å². The van der Waals surface area contributed by atoms with E-state index in [-0.39, 0.29) is 0 Å². The molecule has 0 aliphatic carbocycles. The quantitative estimate of drug-likeness (QED) is 0.651. The van der Waals surface area contributed by atoms with E-state index in [9.17, 15) is 13.2 Å². The number of hydrogen-bond donors (Lipinski definition) is 0. The van der Waals surface area contributed by atoms with Crippen LogP contribution >= 0.6 is 0 Å². The van der Waals surface area contributed by atoms with Gasteiger partial charge in [-0.05, 0) is 57.3 Å². The average Bonchev–Trinajstić information content (AvgIpc) is 3.13. The first kappa shape index (κ1) is 21.8. The van der Waals surface area contributed by atoms with E-state index in [0.717, 1.165) is 57.3 Å². The summed E-state index contributed by atoms with van der Waals surface area (Å²) in [5.41, 5.74) is 1.43. The van der Waals surface area contributed by atoms with Gasteiger partial charge in [0, 0.05) is 44.5 Å². The van der Waals surface area contributed by atoms with Crippen LogP contribution in [0.1, 0.15) is 36.5 Å². The molecule has 1 aliphatic heterocycles. The third-order valence-electron chi connectivity index (χ3n) is 5.61. The van der Waals surface area contributed by atoms with Crippen molar-refractivity contribution in [2.75, 3.05) is 33.2 Å². The van der Waals surface area contributed by atoms with Crippen LogP contribution in [0.5, 0.6) is 0 Å². The Balaban J connectivity index is 1.46. The molecule has 1 aromatic heterocycles. The molecular weight excluding hydrogens is 377 g/mol. The number of piperidine rings is 1. The van der Waals surface area contributed by atoms with Crippen LogP contribution in [0.15, 0.2) is 36.7 Å². The average molecular weight is 409 g/mol. The highest BCUT2D eigenvalue weighted by Gasteiger charge is 2.30. The summed E-state index contributed by atoms with van der Waals surface area (Å²) in [6, 6.07) is 5.72. The SMILES string of the molecule is CCn1cc(CN(C)CC2CCCN(CCc3cccc(C(F)(F)F)c3)C2)cn1. The maximum Gasteiger partial charge on any atom is 0.416 e. The van der Waals surface area contributed by atoms with Crippen molar-refractivity contribution >= 4 is 0 Å². The molecule has 1 atom stereocenters. The summed E-state index contributed by atoms with van der Waals surface area (Å²) >= 11 is 0. The Kier molecular flexibility index (Phi) is 7.35. The molecule has 0 N–H and O–H groups in total. The van der Waals surface area contributed by atoms with Crippen LogP contribution in [0, 0.1) is 5.92 Å². The summed E-state index contributed by atoms with van der Waals surface area (Å²) < 4.78 is 40.6. The van der Waals surface area contributed by atoms with Gasteiger partial charge in [-0.2, -0.15) is 18.3 Å². The number of aryl methyl sites for hydroxylation is 1. The topological polar surface area (TPSA) is 24.3 Å². The van der Waals surface area contributed by atoms with Crippen molar-refractivity contribution < 1.29 is 13.2 Å². The predicted molar refractivity (Wildman–Crippen MR) is 109 cm³/mol. The largest absolute Gasteiger partial charge is 0.416 e. The molecule has 7 heteroatoms. The standard InChI is InChI=1S/C22H31F3N4/c1-3-29-17-20(13-26-29)15-27(2)14-19-7-5-10-28(16-19)11-9-18-6-4-8-21(12-18)22(23,24)25/h4,6,8,12-13,17,19H,3,5,7,9-11,14-16H2,1-2H3. The summed E-state index contributed by atoms with van der Waals surface area (Å²) in [6.07, 6.45) is 2.77. The minimum absolute atomic E-state index is 0.556. The lowest BCUT2D eigenvalue weighted by atomic mass is 9.97. The van der Waals surface area contributed by atoms with Crippen molar-refractivity contribution in [1.29, 1.82) is 0 Å². The molecule has 0 spiro atoms. The van der Waals surface area contributed by atoms with Crippen molar-refractivity contribution in [3.8, 4) is 0 Å². The van der Waals surface area contributed by atoms with Gasteiger partial charge >= 0.3 is 6.18 Å². The molecule has 29 heavy (non-hydrogen) atoms. The van der Waals surface area contributed by atoms with Crippen LogP contribution in [0.2, 0.25) is 0 Å². The van der Waals surface area contributed by atoms with Gasteiger partial charge in [0.25, 0.3) is 0 Å². The van der Waals surface area contributed by atoms with E-state index in [4.69, 9.17) is 0 Å². The zero-order valence-corrected chi connectivity index (χ0v) is 17.3. The van der Waals surface area contributed by atoms with Crippen molar-refractivity contribution in [1.82, 2.24) is 19.6 Å². The Morgan fingerprint density at radius 3 is 2.79 bits per heavy atom. The molecule has 4 nitrogen and oxygen atoms in total. The highest BCUT2D eigenvalue weighted by molar-refractivity contribution is 5.25. The van der Waals surface area contributed by atoms with Crippen LogP contribution in [0.25, 0.3) is 0 Å². The molecule has 1 aromatic carbocycles. The molecule has 1 saturated heterocycles. The van der Waals surface area contributed by atoms with Crippen LogP contribution in [0.4, 0.5) is 13.2 Å². The summed E-state index contributed by atoms with van der Waals surface area (Å²) in [5.74, 6) is 0.594. The molecule has 1 aliphatic rings. The summed E-state index contributed by atoms with van der Waals surface area (Å²) in [4.78, 5) is 4.75. The van der Waals surface area contributed by atoms with Crippen molar-refractivity contribution in [2.45, 2.75) is 45.5 Å². The van der Waals surface area contributed by atoms with E-state index in [1.54, 1.807) is 6.07 Å². The molecule has 0 amide bonds. The Hall–Kier alpha value is -1.86. The Morgan fingerprint density at radius 2 is 2.07 bits per heavy atom. The minimum atomic E-state index is -4.27. The normalized spacial score (nSPS) is 18.5. The van der Waals surface area contributed by atoms with Crippen LogP contribution < -0.4 is 0 Å². The lowest BCUT2D eigenvalue weighted by Crippen LogP contribution is -2.40. The van der Waals surface area contributed by atoms with Crippen molar-refractivity contribution in [3.05, 3.63) is 53.3 Å². The second-order valence-electron chi connectivity index (χ2n) is 8.16. The van der Waals surface area contributed by atoms with E-state index in [1.807, 2.05) is 10.9 Å². The Bertz CT molecular complexity index is 771. The lowest BCUT2D eigenvalue weighted by Gasteiger charge is -2.34. The summed E-state index contributed by atoms with van der Waals surface area (Å²) in [7, 11) is 2.14. The fraction of sp³-hybridized carbons (Fsp3) is 0.591. The molecule has 0 saturated carbocycles. The van der Waals surface area contributed by atoms with Crippen molar-refractivity contribution in [2.24, 2.45) is 5.92 Å². The molecule has 1 unspecified atom stereocenters. The molecule has 2 aromatic rings. The van der Waals surface area contributed by atoms with Crippen LogP contribution in [0.3, 0.4) is 0 Å². The number of hydrogen-bond acceptors (Lipinski definition) is 3. The molecule has 160 valence electrons. The van der Waals surface area contributed by atoms with Gasteiger partial charge in [0.1, 0.15) is 0 Å². The second kappa shape index (κ2) is 9.76. The molecule has 0 bridgehead atoms. The number of likely N-dealkylation sites (tertiary alicyclic amines) is 1. The number of nitrogens with zero attached hydrogens (tertiary/aromatic N) is 4. The fourth-order valence-electron chi connectivity index (χ4n) is 4.17. The number of rotatable bonds is 8. The summed E-state index contributed by atoms with van der Waals surface area (Å²) in [6.45, 7) is 7.73. The third-order valence-corrected chi connectivity index (χ3v) is 5.61. The predicted octanol–water partition coefficient (Wildman–Crippen LogP) is 4.31. The molecule has 0 radical (unpaired) electrons. The molecule has 3 rings (SSSR count). The first-order chi connectivity index (χ1) is 13.8. The smallest absolute Gasteiger partial charge is 0.303 e. The highest BCUT2D eigenvalue weighted by atomic mass is 19.4. The van der Waals surface area contributed by atoms with Gasteiger partial charge in [-0.1, -0.05) is 18.2 Å². The third kappa shape index (κ3) is 6.57. The zero-order chi connectivity index (χ0) is 20.9. The van der Waals surface area contributed by atoms with E-state index >= 15 is 0 Å². The molecule has 1 fully saturated rings. The number of halogens is 3. The van der Waals surface area contributed by atoms with Crippen LogP contribution in [-0.2, 0) is 25.7 Å². The summed E-state index contributed by atoms with van der Waals surface area (Å²) in [5, 5.41) is 4.33. The maximum atomic E-state index is 12.9.